The van der Waals surface area contributed by atoms with Crippen LogP contribution in [-0.2, 0) is 4.79 Å². The summed E-state index contributed by atoms with van der Waals surface area (Å²) in [6.45, 7) is 7.15. The van der Waals surface area contributed by atoms with E-state index in [9.17, 15) is 4.79 Å². The van der Waals surface area contributed by atoms with Crippen molar-refractivity contribution in [2.24, 2.45) is 5.73 Å². The van der Waals surface area contributed by atoms with Crippen LogP contribution in [0.25, 0.3) is 0 Å². The molecule has 0 aromatic rings. The zero-order valence-electron chi connectivity index (χ0n) is 6.56. The van der Waals surface area contributed by atoms with Crippen molar-refractivity contribution < 1.29 is 4.79 Å². The van der Waals surface area contributed by atoms with E-state index in [-0.39, 0.29) is 5.78 Å². The first-order valence-corrected chi connectivity index (χ1v) is 3.07. The summed E-state index contributed by atoms with van der Waals surface area (Å²) >= 11 is 0. The first-order valence-electron chi connectivity index (χ1n) is 3.07. The Labute approximate surface area is 56.7 Å². The van der Waals surface area contributed by atoms with E-state index in [4.69, 9.17) is 5.73 Å². The van der Waals surface area contributed by atoms with Gasteiger partial charge in [0.15, 0.2) is 5.78 Å². The zero-order valence-corrected chi connectivity index (χ0v) is 6.56. The Morgan fingerprint density at radius 2 is 1.67 bits per heavy atom. The maximum atomic E-state index is 10.1. The quantitative estimate of drug-likeness (QED) is 0.545. The normalized spacial score (nSPS) is 9.56. The third-order valence-electron chi connectivity index (χ3n) is 0.431. The van der Waals surface area contributed by atoms with Crippen LogP contribution >= 0.6 is 0 Å². The maximum Gasteiger partial charge on any atom is 0.154 e. The minimum atomic E-state index is 0.000000000000000444. The van der Waals surface area contributed by atoms with Crippen molar-refractivity contribution in [1.82, 2.24) is 0 Å². The van der Waals surface area contributed by atoms with Crippen molar-refractivity contribution in [1.29, 1.82) is 0 Å². The predicted octanol–water partition coefficient (Wildman–Crippen LogP) is 1.46. The molecule has 0 aliphatic heterocycles. The Hall–Kier alpha value is -0.790. The first kappa shape index (κ1) is 11.1. The Morgan fingerprint density at radius 3 is 1.67 bits per heavy atom. The highest BCUT2D eigenvalue weighted by Crippen LogP contribution is 1.78. The fourth-order valence-electron chi connectivity index (χ4n) is 0.321. The van der Waals surface area contributed by atoms with E-state index >= 15 is 0 Å². The van der Waals surface area contributed by atoms with Crippen LogP contribution in [0.3, 0.4) is 0 Å². The topological polar surface area (TPSA) is 43.1 Å². The van der Waals surface area contributed by atoms with Gasteiger partial charge in [0.25, 0.3) is 0 Å². The Kier molecular flexibility index (Phi) is 8.87. The molecule has 2 N–H and O–H groups in total. The van der Waals surface area contributed by atoms with Gasteiger partial charge in [-0.25, -0.2) is 0 Å². The number of carbonyl (C=O) groups is 1. The molecule has 0 spiro atoms. The highest BCUT2D eigenvalue weighted by Gasteiger charge is 1.80. The van der Waals surface area contributed by atoms with E-state index in [0.717, 1.165) is 0 Å². The van der Waals surface area contributed by atoms with Crippen LogP contribution in [0.15, 0.2) is 11.8 Å². The minimum absolute atomic E-state index is 0.000000000000000444. The summed E-state index contributed by atoms with van der Waals surface area (Å²) in [6, 6.07) is 0. The molecule has 0 saturated carbocycles. The van der Waals surface area contributed by atoms with Gasteiger partial charge < -0.3 is 5.73 Å². The Balaban J connectivity index is 0. The summed E-state index contributed by atoms with van der Waals surface area (Å²) in [5, 5.41) is 0. The number of nitrogens with two attached hydrogens (primary N) is 1. The van der Waals surface area contributed by atoms with E-state index < -0.39 is 0 Å². The van der Waals surface area contributed by atoms with Gasteiger partial charge in [-0.2, -0.15) is 0 Å². The molecular formula is C7H15NO. The van der Waals surface area contributed by atoms with Crippen molar-refractivity contribution >= 4 is 5.78 Å². The lowest BCUT2D eigenvalue weighted by atomic mass is 10.3. The lowest BCUT2D eigenvalue weighted by molar-refractivity contribution is -0.112. The second kappa shape index (κ2) is 7.21. The summed E-state index contributed by atoms with van der Waals surface area (Å²) in [4.78, 5) is 10.1. The summed E-state index contributed by atoms with van der Waals surface area (Å²) < 4.78 is 0. The monoisotopic (exact) mass is 129 g/mol. The van der Waals surface area contributed by atoms with Crippen molar-refractivity contribution in [2.45, 2.75) is 27.7 Å². The second-order valence-electron chi connectivity index (χ2n) is 1.50. The van der Waals surface area contributed by atoms with Gasteiger partial charge >= 0.3 is 0 Å². The van der Waals surface area contributed by atoms with Crippen molar-refractivity contribution in [3.63, 3.8) is 0 Å². The van der Waals surface area contributed by atoms with Crippen LogP contribution in [0.5, 0.6) is 0 Å². The van der Waals surface area contributed by atoms with Crippen molar-refractivity contribution in [2.75, 3.05) is 0 Å². The van der Waals surface area contributed by atoms with Gasteiger partial charge in [-0.1, -0.05) is 13.8 Å². The molecule has 0 amide bonds. The molecule has 0 bridgehead atoms. The maximum absolute atomic E-state index is 10.1. The fraction of sp³-hybridized carbons (Fsp3) is 0.571. The summed E-state index contributed by atoms with van der Waals surface area (Å²) in [5.41, 5.74) is 5.70. The molecular weight excluding hydrogens is 114 g/mol. The first-order chi connectivity index (χ1) is 4.13. The summed E-state index contributed by atoms with van der Waals surface area (Å²) in [5.74, 6) is 0.000000000000000444. The van der Waals surface area contributed by atoms with Crippen molar-refractivity contribution in [3.05, 3.63) is 11.8 Å². The molecule has 0 saturated heterocycles. The molecule has 2 nitrogen and oxygen atoms in total. The number of hydrogen-bond acceptors (Lipinski definition) is 2. The molecule has 0 heterocycles. The zero-order chi connectivity index (χ0) is 7.86. The highest BCUT2D eigenvalue weighted by molar-refractivity contribution is 5.87. The van der Waals surface area contributed by atoms with Gasteiger partial charge in [0.2, 0.25) is 0 Å². The van der Waals surface area contributed by atoms with Crippen LogP contribution in [0.1, 0.15) is 27.7 Å². The van der Waals surface area contributed by atoms with Crippen molar-refractivity contribution in [3.8, 4) is 0 Å². The molecule has 0 rings (SSSR count). The van der Waals surface area contributed by atoms with Crippen LogP contribution in [-0.4, -0.2) is 5.78 Å². The Bertz CT molecular complexity index is 101. The van der Waals surface area contributed by atoms with E-state index in [1.54, 1.807) is 6.92 Å². The molecule has 0 fully saturated rings. The third-order valence-corrected chi connectivity index (χ3v) is 0.431. The lowest BCUT2D eigenvalue weighted by Gasteiger charge is -1.81. The van der Waals surface area contributed by atoms with Gasteiger partial charge in [-0.05, 0) is 19.9 Å². The minimum Gasteiger partial charge on any atom is -0.402 e. The van der Waals surface area contributed by atoms with Gasteiger partial charge in [0.1, 0.15) is 0 Å². The average Bonchev–Trinajstić information content (AvgIpc) is 1.68. The predicted molar refractivity (Wildman–Crippen MR) is 40.0 cm³/mol. The van der Waals surface area contributed by atoms with Gasteiger partial charge in [0.05, 0.1) is 0 Å². The molecule has 9 heavy (non-hydrogen) atoms. The largest absolute Gasteiger partial charge is 0.402 e. The number of rotatable bonds is 1. The standard InChI is InChI=1S/C5H9NO.C2H6/c1-4(6)3-5(2)7;1-2/h3H,6H2,1-2H3;1-2H3/b4-3-;. The number of carbonyl (C=O) groups excluding carboxylic acids is 1. The molecule has 54 valence electrons. The van der Waals surface area contributed by atoms with E-state index in [2.05, 4.69) is 0 Å². The lowest BCUT2D eigenvalue weighted by Crippen LogP contribution is -1.93. The van der Waals surface area contributed by atoms with E-state index in [0.29, 0.717) is 5.70 Å². The van der Waals surface area contributed by atoms with Gasteiger partial charge in [-0.3, -0.25) is 4.79 Å². The smallest absolute Gasteiger partial charge is 0.154 e. The highest BCUT2D eigenvalue weighted by atomic mass is 16.1. The molecule has 0 radical (unpaired) electrons. The van der Waals surface area contributed by atoms with E-state index in [1.807, 2.05) is 13.8 Å². The molecule has 0 aromatic heterocycles. The molecule has 0 aliphatic rings. The van der Waals surface area contributed by atoms with Crippen LogP contribution in [0.2, 0.25) is 0 Å². The average molecular weight is 129 g/mol. The van der Waals surface area contributed by atoms with Crippen LogP contribution < -0.4 is 5.73 Å². The molecule has 0 atom stereocenters. The summed E-state index contributed by atoms with van der Waals surface area (Å²) in [7, 11) is 0. The third kappa shape index (κ3) is 19.0. The van der Waals surface area contributed by atoms with Crippen LogP contribution in [0.4, 0.5) is 0 Å². The molecule has 0 aliphatic carbocycles. The number of ketones is 1. The number of allylic oxidation sites excluding steroid dienone is 2. The SMILES string of the molecule is CC.CC(=O)/C=C(/C)N. The second-order valence-corrected chi connectivity index (χ2v) is 1.50. The number of hydrogen-bond donors (Lipinski definition) is 1. The fourth-order valence-corrected chi connectivity index (χ4v) is 0.321. The van der Waals surface area contributed by atoms with Gasteiger partial charge in [0, 0.05) is 5.70 Å². The van der Waals surface area contributed by atoms with Gasteiger partial charge in [-0.15, -0.1) is 0 Å². The van der Waals surface area contributed by atoms with Crippen LogP contribution in [0, 0.1) is 0 Å². The van der Waals surface area contributed by atoms with E-state index in [1.165, 1.54) is 13.0 Å². The Morgan fingerprint density at radius 1 is 1.33 bits per heavy atom. The summed E-state index contributed by atoms with van der Waals surface area (Å²) in [6.07, 6.45) is 1.39. The molecule has 2 heteroatoms. The molecule has 0 unspecified atom stereocenters. The molecule has 0 aromatic carbocycles.